The quantitative estimate of drug-likeness (QED) is 0.422. The maximum Gasteiger partial charge on any atom is 0.240 e. The Morgan fingerprint density at radius 2 is 1.83 bits per heavy atom. The Balaban J connectivity index is 1.66. The Morgan fingerprint density at radius 3 is 2.50 bits per heavy atom. The summed E-state index contributed by atoms with van der Waals surface area (Å²) in [6.45, 7) is 2.38. The van der Waals surface area contributed by atoms with Crippen LogP contribution in [0.3, 0.4) is 0 Å². The lowest BCUT2D eigenvalue weighted by molar-refractivity contribution is 0.283. The Labute approximate surface area is 176 Å². The van der Waals surface area contributed by atoms with Gasteiger partial charge in [-0.25, -0.2) is 28.1 Å². The largest absolute Gasteiger partial charge is 0.396 e. The van der Waals surface area contributed by atoms with Crippen molar-refractivity contribution < 1.29 is 13.5 Å². The van der Waals surface area contributed by atoms with Crippen molar-refractivity contribution >= 4 is 21.7 Å². The van der Waals surface area contributed by atoms with Crippen molar-refractivity contribution in [3.05, 3.63) is 48.5 Å². The highest BCUT2D eigenvalue weighted by atomic mass is 32.2. The number of unbranched alkanes of at least 4 members (excludes halogenated alkanes) is 2. The van der Waals surface area contributed by atoms with Crippen LogP contribution in [0.1, 0.15) is 25.1 Å². The maximum atomic E-state index is 12.4. The SMILES string of the molecule is Cc1ncc(-c2ccnc(Nc3ccc(S(=O)(=O)NCCCCCO)cc3)n2)n1C. The summed E-state index contributed by atoms with van der Waals surface area (Å²) in [4.78, 5) is 13.2. The first kappa shape index (κ1) is 21.9. The molecule has 2 heterocycles. The lowest BCUT2D eigenvalue weighted by atomic mass is 10.2. The molecule has 160 valence electrons. The third kappa shape index (κ3) is 5.41. The van der Waals surface area contributed by atoms with Gasteiger partial charge in [-0.1, -0.05) is 0 Å². The number of rotatable bonds is 10. The molecule has 0 atom stereocenters. The average Bonchev–Trinajstić information content (AvgIpc) is 3.07. The molecule has 0 bridgehead atoms. The fourth-order valence-electron chi connectivity index (χ4n) is 2.85. The number of benzene rings is 1. The summed E-state index contributed by atoms with van der Waals surface area (Å²) in [6.07, 6.45) is 5.55. The van der Waals surface area contributed by atoms with Gasteiger partial charge in [-0.05, 0) is 56.5 Å². The minimum Gasteiger partial charge on any atom is -0.396 e. The van der Waals surface area contributed by atoms with Gasteiger partial charge < -0.3 is 15.0 Å². The van der Waals surface area contributed by atoms with E-state index in [4.69, 9.17) is 5.11 Å². The van der Waals surface area contributed by atoms with E-state index in [0.29, 0.717) is 31.0 Å². The number of aryl methyl sites for hydroxylation is 1. The van der Waals surface area contributed by atoms with Crippen molar-refractivity contribution in [2.24, 2.45) is 7.05 Å². The molecule has 0 fully saturated rings. The lowest BCUT2D eigenvalue weighted by Gasteiger charge is -2.09. The Bertz CT molecular complexity index is 1080. The van der Waals surface area contributed by atoms with Crippen molar-refractivity contribution in [2.75, 3.05) is 18.5 Å². The minimum atomic E-state index is -3.56. The van der Waals surface area contributed by atoms with E-state index in [1.807, 2.05) is 24.6 Å². The molecule has 0 saturated carbocycles. The second kappa shape index (κ2) is 9.79. The zero-order valence-corrected chi connectivity index (χ0v) is 17.9. The van der Waals surface area contributed by atoms with Crippen LogP contribution < -0.4 is 10.0 Å². The van der Waals surface area contributed by atoms with Gasteiger partial charge in [0.15, 0.2) is 0 Å². The van der Waals surface area contributed by atoms with Crippen molar-refractivity contribution in [1.82, 2.24) is 24.2 Å². The van der Waals surface area contributed by atoms with Crippen LogP contribution in [-0.4, -0.2) is 46.2 Å². The molecule has 30 heavy (non-hydrogen) atoms. The van der Waals surface area contributed by atoms with Crippen LogP contribution in [0, 0.1) is 6.92 Å². The van der Waals surface area contributed by atoms with Crippen LogP contribution in [0.2, 0.25) is 0 Å². The summed E-state index contributed by atoms with van der Waals surface area (Å²) in [5.74, 6) is 1.29. The Kier molecular flexibility index (Phi) is 7.14. The highest BCUT2D eigenvalue weighted by Gasteiger charge is 2.13. The molecule has 9 nitrogen and oxygen atoms in total. The summed E-state index contributed by atoms with van der Waals surface area (Å²) < 4.78 is 29.2. The smallest absolute Gasteiger partial charge is 0.240 e. The lowest BCUT2D eigenvalue weighted by Crippen LogP contribution is -2.24. The molecule has 0 spiro atoms. The maximum absolute atomic E-state index is 12.4. The van der Waals surface area contributed by atoms with E-state index in [1.165, 1.54) is 12.1 Å². The van der Waals surface area contributed by atoms with Crippen molar-refractivity contribution in [3.63, 3.8) is 0 Å². The predicted octanol–water partition coefficient (Wildman–Crippen LogP) is 2.37. The van der Waals surface area contributed by atoms with Gasteiger partial charge in [0.2, 0.25) is 16.0 Å². The molecule has 0 radical (unpaired) electrons. The van der Waals surface area contributed by atoms with Crippen molar-refractivity contribution in [2.45, 2.75) is 31.1 Å². The van der Waals surface area contributed by atoms with E-state index in [-0.39, 0.29) is 11.5 Å². The number of nitrogens with one attached hydrogen (secondary N) is 2. The first-order valence-electron chi connectivity index (χ1n) is 9.70. The molecule has 3 aromatic rings. The number of hydrogen-bond donors (Lipinski definition) is 3. The van der Waals surface area contributed by atoms with Gasteiger partial charge in [0.05, 0.1) is 22.5 Å². The average molecular weight is 431 g/mol. The molecule has 0 aliphatic heterocycles. The van der Waals surface area contributed by atoms with E-state index in [9.17, 15) is 8.42 Å². The molecular formula is C20H26N6O3S. The van der Waals surface area contributed by atoms with E-state index >= 15 is 0 Å². The molecule has 2 aromatic heterocycles. The van der Waals surface area contributed by atoms with Gasteiger partial charge in [-0.3, -0.25) is 0 Å². The van der Waals surface area contributed by atoms with Crippen LogP contribution in [0.15, 0.2) is 47.6 Å². The van der Waals surface area contributed by atoms with Gasteiger partial charge in [0, 0.05) is 32.1 Å². The fourth-order valence-corrected chi connectivity index (χ4v) is 3.93. The highest BCUT2D eigenvalue weighted by Crippen LogP contribution is 2.21. The number of aliphatic hydroxyl groups excluding tert-OH is 1. The number of sulfonamides is 1. The number of hydrogen-bond acceptors (Lipinski definition) is 7. The van der Waals surface area contributed by atoms with Crippen LogP contribution >= 0.6 is 0 Å². The molecule has 0 aliphatic carbocycles. The fraction of sp³-hybridized carbons (Fsp3) is 0.350. The number of nitrogens with zero attached hydrogens (tertiary/aromatic N) is 4. The molecule has 3 N–H and O–H groups in total. The molecular weight excluding hydrogens is 404 g/mol. The Hall–Kier alpha value is -2.82. The zero-order valence-electron chi connectivity index (χ0n) is 17.0. The van der Waals surface area contributed by atoms with Gasteiger partial charge in [-0.15, -0.1) is 0 Å². The van der Waals surface area contributed by atoms with Gasteiger partial charge in [-0.2, -0.15) is 0 Å². The number of anilines is 2. The summed E-state index contributed by atoms with van der Waals surface area (Å²) >= 11 is 0. The van der Waals surface area contributed by atoms with Crippen LogP contribution in [-0.2, 0) is 17.1 Å². The minimum absolute atomic E-state index is 0.121. The zero-order chi connectivity index (χ0) is 21.6. The monoisotopic (exact) mass is 430 g/mol. The summed E-state index contributed by atoms with van der Waals surface area (Å²) in [5, 5.41) is 11.9. The predicted molar refractivity (Wildman–Crippen MR) is 115 cm³/mol. The summed E-state index contributed by atoms with van der Waals surface area (Å²) in [7, 11) is -1.64. The molecule has 1 aromatic carbocycles. The summed E-state index contributed by atoms with van der Waals surface area (Å²) in [5.41, 5.74) is 2.29. The van der Waals surface area contributed by atoms with Gasteiger partial charge in [0.25, 0.3) is 0 Å². The first-order chi connectivity index (χ1) is 14.4. The van der Waals surface area contributed by atoms with E-state index < -0.39 is 10.0 Å². The molecule has 0 amide bonds. The second-order valence-corrected chi connectivity index (χ2v) is 8.61. The van der Waals surface area contributed by atoms with Crippen LogP contribution in [0.5, 0.6) is 0 Å². The van der Waals surface area contributed by atoms with E-state index in [0.717, 1.165) is 23.6 Å². The summed E-state index contributed by atoms with van der Waals surface area (Å²) in [6, 6.07) is 8.22. The second-order valence-electron chi connectivity index (χ2n) is 6.85. The number of aromatic nitrogens is 4. The highest BCUT2D eigenvalue weighted by molar-refractivity contribution is 7.89. The van der Waals surface area contributed by atoms with Crippen LogP contribution in [0.25, 0.3) is 11.4 Å². The third-order valence-corrected chi connectivity index (χ3v) is 6.16. The number of imidazole rings is 1. The molecule has 0 unspecified atom stereocenters. The van der Waals surface area contributed by atoms with Crippen molar-refractivity contribution in [1.29, 1.82) is 0 Å². The van der Waals surface area contributed by atoms with Gasteiger partial charge >= 0.3 is 0 Å². The van der Waals surface area contributed by atoms with Crippen molar-refractivity contribution in [3.8, 4) is 11.4 Å². The molecule has 0 saturated heterocycles. The molecule has 10 heteroatoms. The third-order valence-electron chi connectivity index (χ3n) is 4.69. The van der Waals surface area contributed by atoms with E-state index in [1.54, 1.807) is 24.5 Å². The topological polar surface area (TPSA) is 122 Å². The van der Waals surface area contributed by atoms with Crippen LogP contribution in [0.4, 0.5) is 11.6 Å². The normalized spacial score (nSPS) is 11.6. The standard InChI is InChI=1S/C20H26N6O3S/c1-15-22-14-19(26(15)2)18-10-12-21-20(25-18)24-16-6-8-17(9-7-16)30(28,29)23-11-4-3-5-13-27/h6-10,12,14,23,27H,3-5,11,13H2,1-2H3,(H,21,24,25). The number of aliphatic hydroxyl groups is 1. The Morgan fingerprint density at radius 1 is 1.07 bits per heavy atom. The van der Waals surface area contributed by atoms with E-state index in [2.05, 4.69) is 25.0 Å². The van der Waals surface area contributed by atoms with Gasteiger partial charge in [0.1, 0.15) is 5.82 Å². The molecule has 0 aliphatic rings. The molecule has 3 rings (SSSR count). The first-order valence-corrected chi connectivity index (χ1v) is 11.2.